The molecule has 1 N–H and O–H groups in total. The third kappa shape index (κ3) is 3.75. The van der Waals surface area contributed by atoms with E-state index in [1.807, 2.05) is 0 Å². The maximum Gasteiger partial charge on any atom is 0.307 e. The standard InChI is InChI=1S/C14H8Cl4O4S/c15-7-1-3-11(10(17)5-7)23(21,22)12-4-2-9(16)8(14(12)18)6-13(19)20/h1-5H,6H2,(H,19,20). The van der Waals surface area contributed by atoms with Gasteiger partial charge in [0, 0.05) is 15.6 Å². The molecule has 0 heterocycles. The van der Waals surface area contributed by atoms with E-state index < -0.39 is 22.2 Å². The molecule has 9 heteroatoms. The van der Waals surface area contributed by atoms with Crippen molar-refractivity contribution >= 4 is 62.2 Å². The summed E-state index contributed by atoms with van der Waals surface area (Å²) in [6.07, 6.45) is -0.505. The number of carboxylic acid groups (broad SMARTS) is 1. The van der Waals surface area contributed by atoms with Crippen LogP contribution < -0.4 is 0 Å². The highest BCUT2D eigenvalue weighted by Crippen LogP contribution is 2.37. The first-order valence-corrected chi connectivity index (χ1v) is 9.03. The van der Waals surface area contributed by atoms with Gasteiger partial charge in [-0.15, -0.1) is 0 Å². The molecule has 0 aromatic heterocycles. The first kappa shape index (κ1) is 18.4. The summed E-state index contributed by atoms with van der Waals surface area (Å²) in [5.74, 6) is -1.19. The van der Waals surface area contributed by atoms with Crippen LogP contribution in [0.3, 0.4) is 0 Å². The van der Waals surface area contributed by atoms with Crippen LogP contribution in [-0.4, -0.2) is 19.5 Å². The van der Waals surface area contributed by atoms with Crippen LogP contribution in [0.1, 0.15) is 5.56 Å². The van der Waals surface area contributed by atoms with Gasteiger partial charge in [0.1, 0.15) is 0 Å². The van der Waals surface area contributed by atoms with Gasteiger partial charge in [-0.3, -0.25) is 4.79 Å². The molecule has 0 aliphatic heterocycles. The SMILES string of the molecule is O=C(O)Cc1c(Cl)ccc(S(=O)(=O)c2ccc(Cl)cc2Cl)c1Cl. The minimum atomic E-state index is -4.07. The van der Waals surface area contributed by atoms with Gasteiger partial charge in [-0.2, -0.15) is 0 Å². The number of halogens is 4. The Hall–Kier alpha value is -0.980. The molecule has 2 aromatic rings. The molecule has 0 aliphatic carbocycles. The van der Waals surface area contributed by atoms with E-state index in [1.54, 1.807) is 0 Å². The third-order valence-electron chi connectivity index (χ3n) is 2.95. The predicted molar refractivity (Wildman–Crippen MR) is 89.7 cm³/mol. The summed E-state index contributed by atoms with van der Waals surface area (Å²) in [5, 5.41) is 8.94. The van der Waals surface area contributed by atoms with Crippen molar-refractivity contribution in [3.8, 4) is 0 Å². The van der Waals surface area contributed by atoms with Crippen LogP contribution >= 0.6 is 46.4 Å². The van der Waals surface area contributed by atoms with Crippen molar-refractivity contribution < 1.29 is 18.3 Å². The summed E-state index contributed by atoms with van der Waals surface area (Å²) in [4.78, 5) is 10.4. The highest BCUT2D eigenvalue weighted by molar-refractivity contribution is 7.91. The molecule has 0 aliphatic rings. The molecule has 0 spiro atoms. The molecular weight excluding hydrogens is 406 g/mol. The molecule has 0 amide bonds. The van der Waals surface area contributed by atoms with Gasteiger partial charge >= 0.3 is 5.97 Å². The quantitative estimate of drug-likeness (QED) is 0.784. The van der Waals surface area contributed by atoms with Crippen molar-refractivity contribution in [2.24, 2.45) is 0 Å². The van der Waals surface area contributed by atoms with Crippen LogP contribution in [0.15, 0.2) is 40.1 Å². The van der Waals surface area contributed by atoms with Crippen LogP contribution in [0.25, 0.3) is 0 Å². The van der Waals surface area contributed by atoms with E-state index in [9.17, 15) is 13.2 Å². The maximum absolute atomic E-state index is 12.7. The lowest BCUT2D eigenvalue weighted by Gasteiger charge is -2.12. The number of carbonyl (C=O) groups is 1. The molecule has 0 saturated carbocycles. The lowest BCUT2D eigenvalue weighted by molar-refractivity contribution is -0.136. The fourth-order valence-corrected chi connectivity index (χ4v) is 4.84. The summed E-state index contributed by atoms with van der Waals surface area (Å²) in [6.45, 7) is 0. The van der Waals surface area contributed by atoms with Gasteiger partial charge < -0.3 is 5.11 Å². The lowest BCUT2D eigenvalue weighted by Crippen LogP contribution is -2.08. The Kier molecular flexibility index (Phi) is 5.48. The van der Waals surface area contributed by atoms with Gasteiger partial charge in [0.2, 0.25) is 9.84 Å². The van der Waals surface area contributed by atoms with E-state index >= 15 is 0 Å². The van der Waals surface area contributed by atoms with Crippen LogP contribution in [0.5, 0.6) is 0 Å². The molecule has 122 valence electrons. The fraction of sp³-hybridized carbons (Fsp3) is 0.0714. The Labute approximate surface area is 152 Å². The highest BCUT2D eigenvalue weighted by Gasteiger charge is 2.26. The summed E-state index contributed by atoms with van der Waals surface area (Å²) in [6, 6.07) is 6.40. The van der Waals surface area contributed by atoms with E-state index in [4.69, 9.17) is 51.5 Å². The monoisotopic (exact) mass is 412 g/mol. The lowest BCUT2D eigenvalue weighted by atomic mass is 10.1. The number of benzene rings is 2. The van der Waals surface area contributed by atoms with Gasteiger partial charge in [-0.1, -0.05) is 46.4 Å². The number of hydrogen-bond acceptors (Lipinski definition) is 3. The molecule has 2 aromatic carbocycles. The second kappa shape index (κ2) is 6.87. The zero-order chi connectivity index (χ0) is 17.4. The molecule has 0 bridgehead atoms. The Morgan fingerprint density at radius 1 is 0.957 bits per heavy atom. The Bertz CT molecular complexity index is 894. The first-order valence-electron chi connectivity index (χ1n) is 6.03. The molecule has 0 radical (unpaired) electrons. The normalized spacial score (nSPS) is 11.5. The van der Waals surface area contributed by atoms with Crippen molar-refractivity contribution in [3.63, 3.8) is 0 Å². The molecule has 0 fully saturated rings. The number of carboxylic acids is 1. The largest absolute Gasteiger partial charge is 0.481 e. The zero-order valence-corrected chi connectivity index (χ0v) is 15.0. The van der Waals surface area contributed by atoms with Gasteiger partial charge in [0.15, 0.2) is 0 Å². The predicted octanol–water partition coefficient (Wildman–Crippen LogP) is 4.76. The van der Waals surface area contributed by atoms with Gasteiger partial charge in [0.25, 0.3) is 0 Å². The minimum absolute atomic E-state index is 0.0204. The number of aliphatic carboxylic acids is 1. The molecular formula is C14H8Cl4O4S. The van der Waals surface area contributed by atoms with Crippen molar-refractivity contribution in [2.45, 2.75) is 16.2 Å². The Morgan fingerprint density at radius 3 is 2.13 bits per heavy atom. The molecule has 0 atom stereocenters. The summed E-state index contributed by atoms with van der Waals surface area (Å²) >= 11 is 23.7. The van der Waals surface area contributed by atoms with Gasteiger partial charge in [-0.05, 0) is 30.3 Å². The maximum atomic E-state index is 12.7. The summed E-state index contributed by atoms with van der Waals surface area (Å²) in [7, 11) is -4.07. The minimum Gasteiger partial charge on any atom is -0.481 e. The van der Waals surface area contributed by atoms with E-state index in [1.165, 1.54) is 30.3 Å². The Balaban J connectivity index is 2.67. The van der Waals surface area contributed by atoms with Crippen molar-refractivity contribution in [1.29, 1.82) is 0 Å². The van der Waals surface area contributed by atoms with E-state index in [-0.39, 0.29) is 35.4 Å². The number of rotatable bonds is 4. The van der Waals surface area contributed by atoms with Crippen molar-refractivity contribution in [2.75, 3.05) is 0 Å². The average Bonchev–Trinajstić information content (AvgIpc) is 2.42. The first-order chi connectivity index (χ1) is 10.6. The van der Waals surface area contributed by atoms with E-state index in [2.05, 4.69) is 0 Å². The van der Waals surface area contributed by atoms with Gasteiger partial charge in [-0.25, -0.2) is 8.42 Å². The second-order valence-corrected chi connectivity index (χ2v) is 8.00. The third-order valence-corrected chi connectivity index (χ3v) is 6.36. The smallest absolute Gasteiger partial charge is 0.307 e. The van der Waals surface area contributed by atoms with Crippen molar-refractivity contribution in [1.82, 2.24) is 0 Å². The summed E-state index contributed by atoms with van der Waals surface area (Å²) in [5.41, 5.74) is 0.0204. The van der Waals surface area contributed by atoms with E-state index in [0.29, 0.717) is 0 Å². The zero-order valence-electron chi connectivity index (χ0n) is 11.2. The van der Waals surface area contributed by atoms with Crippen LogP contribution in [0, 0.1) is 0 Å². The topological polar surface area (TPSA) is 71.4 Å². The van der Waals surface area contributed by atoms with Crippen LogP contribution in [0.4, 0.5) is 0 Å². The Morgan fingerprint density at radius 2 is 1.57 bits per heavy atom. The number of hydrogen-bond donors (Lipinski definition) is 1. The van der Waals surface area contributed by atoms with Crippen molar-refractivity contribution in [3.05, 3.63) is 56.0 Å². The van der Waals surface area contributed by atoms with Crippen LogP contribution in [-0.2, 0) is 21.1 Å². The average molecular weight is 414 g/mol. The second-order valence-electron chi connectivity index (χ2n) is 4.49. The summed E-state index contributed by atoms with van der Waals surface area (Å²) < 4.78 is 25.5. The van der Waals surface area contributed by atoms with Crippen LogP contribution in [0.2, 0.25) is 20.1 Å². The molecule has 2 rings (SSSR count). The molecule has 0 saturated heterocycles. The van der Waals surface area contributed by atoms with Gasteiger partial charge in [0.05, 0.1) is 26.3 Å². The number of sulfone groups is 1. The van der Waals surface area contributed by atoms with E-state index in [0.717, 1.165) is 0 Å². The molecule has 23 heavy (non-hydrogen) atoms. The highest BCUT2D eigenvalue weighted by atomic mass is 35.5. The fourth-order valence-electron chi connectivity index (χ4n) is 1.91. The molecule has 0 unspecified atom stereocenters. The molecule has 4 nitrogen and oxygen atoms in total.